The standard InChI is InChI=1S/C16H11N3O2S/c20-14-11-6-2-1-5-10(11)9-13(14)22-16-19-18-15(21-16)12-7-3-4-8-17-12/h1-8,13H,9H2/t13-/m0/s1. The van der Waals surface area contributed by atoms with Gasteiger partial charge in [-0.2, -0.15) is 0 Å². The number of hydrogen-bond acceptors (Lipinski definition) is 6. The third-order valence-electron chi connectivity index (χ3n) is 3.51. The highest BCUT2D eigenvalue weighted by Gasteiger charge is 2.32. The van der Waals surface area contributed by atoms with Crippen LogP contribution in [0.25, 0.3) is 11.6 Å². The van der Waals surface area contributed by atoms with Crippen LogP contribution in [0.5, 0.6) is 0 Å². The maximum absolute atomic E-state index is 12.4. The van der Waals surface area contributed by atoms with Crippen molar-refractivity contribution in [2.24, 2.45) is 0 Å². The quantitative estimate of drug-likeness (QED) is 0.740. The average molecular weight is 309 g/mol. The molecule has 0 bridgehead atoms. The minimum absolute atomic E-state index is 0.123. The van der Waals surface area contributed by atoms with Crippen LogP contribution in [0.3, 0.4) is 0 Å². The first-order valence-electron chi connectivity index (χ1n) is 6.85. The van der Waals surface area contributed by atoms with Crippen molar-refractivity contribution in [3.63, 3.8) is 0 Å². The Morgan fingerprint density at radius 2 is 1.95 bits per heavy atom. The molecule has 0 fully saturated rings. The van der Waals surface area contributed by atoms with E-state index in [2.05, 4.69) is 15.2 Å². The lowest BCUT2D eigenvalue weighted by atomic mass is 10.1. The van der Waals surface area contributed by atoms with Crippen LogP contribution in [0, 0.1) is 0 Å². The van der Waals surface area contributed by atoms with Gasteiger partial charge in [-0.3, -0.25) is 9.78 Å². The predicted molar refractivity (Wildman–Crippen MR) is 81.7 cm³/mol. The number of thioether (sulfide) groups is 1. The first kappa shape index (κ1) is 13.2. The van der Waals surface area contributed by atoms with Gasteiger partial charge in [-0.25, -0.2) is 0 Å². The van der Waals surface area contributed by atoms with Gasteiger partial charge >= 0.3 is 0 Å². The lowest BCUT2D eigenvalue weighted by molar-refractivity contribution is 0.1000. The predicted octanol–water partition coefficient (Wildman–Crippen LogP) is 3.03. The Morgan fingerprint density at radius 3 is 2.77 bits per heavy atom. The van der Waals surface area contributed by atoms with E-state index >= 15 is 0 Å². The van der Waals surface area contributed by atoms with Crippen LogP contribution >= 0.6 is 11.8 Å². The second kappa shape index (κ2) is 5.38. The molecule has 1 atom stereocenters. The summed E-state index contributed by atoms with van der Waals surface area (Å²) >= 11 is 1.31. The molecule has 4 rings (SSSR count). The van der Waals surface area contributed by atoms with E-state index < -0.39 is 0 Å². The Kier molecular flexibility index (Phi) is 3.23. The molecule has 3 aromatic rings. The van der Waals surface area contributed by atoms with E-state index in [1.54, 1.807) is 12.3 Å². The maximum Gasteiger partial charge on any atom is 0.277 e. The fraction of sp³-hybridized carbons (Fsp3) is 0.125. The summed E-state index contributed by atoms with van der Waals surface area (Å²) in [5.41, 5.74) is 2.50. The molecule has 108 valence electrons. The van der Waals surface area contributed by atoms with Gasteiger partial charge in [0.15, 0.2) is 5.78 Å². The molecule has 2 heterocycles. The second-order valence-corrected chi connectivity index (χ2v) is 6.07. The zero-order valence-corrected chi connectivity index (χ0v) is 12.3. The van der Waals surface area contributed by atoms with E-state index in [0.29, 0.717) is 23.2 Å². The summed E-state index contributed by atoms with van der Waals surface area (Å²) in [7, 11) is 0. The summed E-state index contributed by atoms with van der Waals surface area (Å²) in [6.45, 7) is 0. The van der Waals surface area contributed by atoms with Crippen LogP contribution in [0.4, 0.5) is 0 Å². The van der Waals surface area contributed by atoms with Crippen LogP contribution < -0.4 is 0 Å². The fourth-order valence-electron chi connectivity index (χ4n) is 2.47. The van der Waals surface area contributed by atoms with Crippen LogP contribution in [0.15, 0.2) is 58.3 Å². The van der Waals surface area contributed by atoms with Gasteiger partial charge in [0.05, 0.1) is 5.25 Å². The number of pyridine rings is 1. The van der Waals surface area contributed by atoms with E-state index in [4.69, 9.17) is 4.42 Å². The Hall–Kier alpha value is -2.47. The summed E-state index contributed by atoms with van der Waals surface area (Å²) in [6, 6.07) is 13.2. The summed E-state index contributed by atoms with van der Waals surface area (Å²) in [5.74, 6) is 0.490. The van der Waals surface area contributed by atoms with Crippen molar-refractivity contribution in [2.45, 2.75) is 16.9 Å². The number of Topliss-reactive ketones (excluding diaryl/α,β-unsaturated/α-hetero) is 1. The molecule has 0 saturated heterocycles. The molecule has 0 amide bonds. The lowest BCUT2D eigenvalue weighted by Crippen LogP contribution is -2.10. The number of nitrogens with zero attached hydrogens (tertiary/aromatic N) is 3. The lowest BCUT2D eigenvalue weighted by Gasteiger charge is -2.02. The highest BCUT2D eigenvalue weighted by molar-refractivity contribution is 8.00. The molecule has 0 radical (unpaired) electrons. The molecule has 0 spiro atoms. The Bertz CT molecular complexity index is 832. The Balaban J connectivity index is 1.54. The van der Waals surface area contributed by atoms with E-state index in [1.165, 1.54) is 11.8 Å². The molecule has 2 aromatic heterocycles. The molecule has 0 aliphatic heterocycles. The van der Waals surface area contributed by atoms with E-state index in [-0.39, 0.29) is 11.0 Å². The number of carbonyl (C=O) groups is 1. The molecule has 0 unspecified atom stereocenters. The third-order valence-corrected chi connectivity index (χ3v) is 4.55. The normalized spacial score (nSPS) is 16.7. The second-order valence-electron chi connectivity index (χ2n) is 4.92. The first-order chi connectivity index (χ1) is 10.8. The van der Waals surface area contributed by atoms with Gasteiger partial charge in [0.1, 0.15) is 5.69 Å². The van der Waals surface area contributed by atoms with E-state index in [0.717, 1.165) is 11.1 Å². The molecular formula is C16H11N3O2S. The van der Waals surface area contributed by atoms with Crippen LogP contribution in [0.2, 0.25) is 0 Å². The largest absolute Gasteiger partial charge is 0.410 e. The summed E-state index contributed by atoms with van der Waals surface area (Å²) < 4.78 is 5.60. The molecular weight excluding hydrogens is 298 g/mol. The molecule has 6 heteroatoms. The molecule has 0 saturated carbocycles. The summed E-state index contributed by atoms with van der Waals surface area (Å²) in [4.78, 5) is 16.5. The van der Waals surface area contributed by atoms with Crippen molar-refractivity contribution in [1.29, 1.82) is 0 Å². The molecule has 1 aliphatic rings. The Morgan fingerprint density at radius 1 is 1.09 bits per heavy atom. The van der Waals surface area contributed by atoms with Crippen molar-refractivity contribution in [3.8, 4) is 11.6 Å². The number of fused-ring (bicyclic) bond motifs is 1. The van der Waals surface area contributed by atoms with Crippen molar-refractivity contribution in [1.82, 2.24) is 15.2 Å². The highest BCUT2D eigenvalue weighted by atomic mass is 32.2. The number of ketones is 1. The zero-order chi connectivity index (χ0) is 14.9. The van der Waals surface area contributed by atoms with Crippen molar-refractivity contribution >= 4 is 17.5 Å². The van der Waals surface area contributed by atoms with Crippen molar-refractivity contribution < 1.29 is 9.21 Å². The van der Waals surface area contributed by atoms with Gasteiger partial charge < -0.3 is 4.42 Å². The van der Waals surface area contributed by atoms with E-state index in [9.17, 15) is 4.79 Å². The molecule has 5 nitrogen and oxygen atoms in total. The molecule has 1 aliphatic carbocycles. The average Bonchev–Trinajstić information content (AvgIpc) is 3.15. The number of carbonyl (C=O) groups excluding carboxylic acids is 1. The third kappa shape index (κ3) is 2.31. The topological polar surface area (TPSA) is 68.9 Å². The van der Waals surface area contributed by atoms with Gasteiger partial charge in [0, 0.05) is 11.8 Å². The summed E-state index contributed by atoms with van der Waals surface area (Å²) in [6.07, 6.45) is 2.37. The highest BCUT2D eigenvalue weighted by Crippen LogP contribution is 2.34. The number of rotatable bonds is 3. The fourth-order valence-corrected chi connectivity index (χ4v) is 3.43. The van der Waals surface area contributed by atoms with Gasteiger partial charge in [0.25, 0.3) is 11.1 Å². The monoisotopic (exact) mass is 309 g/mol. The molecule has 22 heavy (non-hydrogen) atoms. The Labute approximate surface area is 130 Å². The summed E-state index contributed by atoms with van der Waals surface area (Å²) in [5, 5.41) is 8.19. The van der Waals surface area contributed by atoms with Crippen LogP contribution in [0.1, 0.15) is 15.9 Å². The zero-order valence-electron chi connectivity index (χ0n) is 11.5. The van der Waals surface area contributed by atoms with Crippen molar-refractivity contribution in [2.75, 3.05) is 0 Å². The number of hydrogen-bond donors (Lipinski definition) is 0. The van der Waals surface area contributed by atoms with Crippen molar-refractivity contribution in [3.05, 3.63) is 59.8 Å². The van der Waals surface area contributed by atoms with Gasteiger partial charge in [-0.05, 0) is 24.1 Å². The van der Waals surface area contributed by atoms with Crippen LogP contribution in [-0.2, 0) is 6.42 Å². The minimum atomic E-state index is -0.200. The number of aromatic nitrogens is 3. The van der Waals surface area contributed by atoms with Crippen LogP contribution in [-0.4, -0.2) is 26.2 Å². The minimum Gasteiger partial charge on any atom is -0.410 e. The van der Waals surface area contributed by atoms with E-state index in [1.807, 2.05) is 36.4 Å². The smallest absolute Gasteiger partial charge is 0.277 e. The molecule has 0 N–H and O–H groups in total. The number of benzene rings is 1. The SMILES string of the molecule is O=C1c2ccccc2C[C@@H]1Sc1nnc(-c2ccccn2)o1. The maximum atomic E-state index is 12.4. The molecule has 1 aromatic carbocycles. The first-order valence-corrected chi connectivity index (χ1v) is 7.73. The van der Waals surface area contributed by atoms with Gasteiger partial charge in [0.2, 0.25) is 0 Å². The van der Waals surface area contributed by atoms with Gasteiger partial charge in [-0.1, -0.05) is 42.1 Å². The van der Waals surface area contributed by atoms with Gasteiger partial charge in [-0.15, -0.1) is 10.2 Å².